The van der Waals surface area contributed by atoms with Crippen molar-refractivity contribution in [1.29, 1.82) is 0 Å². The van der Waals surface area contributed by atoms with Gasteiger partial charge in [0.1, 0.15) is 0 Å². The van der Waals surface area contributed by atoms with Crippen LogP contribution in [-0.2, 0) is 0 Å². The van der Waals surface area contributed by atoms with Gasteiger partial charge in [-0.25, -0.2) is 0 Å². The van der Waals surface area contributed by atoms with Gasteiger partial charge in [0.25, 0.3) is 0 Å². The highest BCUT2D eigenvalue weighted by Crippen LogP contribution is 2.30. The summed E-state index contributed by atoms with van der Waals surface area (Å²) >= 11 is 0. The van der Waals surface area contributed by atoms with Crippen LogP contribution in [0, 0.1) is 11.8 Å². The number of hydrogen-bond donors (Lipinski definition) is 1. The SMILES string of the molecule is CCCC(CNCC(C)C)N(CCC(C)C)C1CC1. The van der Waals surface area contributed by atoms with E-state index in [0.717, 1.165) is 30.5 Å². The first-order chi connectivity index (χ1) is 9.04. The van der Waals surface area contributed by atoms with Crippen LogP contribution in [0.25, 0.3) is 0 Å². The summed E-state index contributed by atoms with van der Waals surface area (Å²) in [6.07, 6.45) is 6.87. The van der Waals surface area contributed by atoms with Gasteiger partial charge in [0.15, 0.2) is 0 Å². The third kappa shape index (κ3) is 7.31. The molecule has 1 aliphatic carbocycles. The maximum Gasteiger partial charge on any atom is 0.0223 e. The van der Waals surface area contributed by atoms with Gasteiger partial charge in [-0.15, -0.1) is 0 Å². The maximum absolute atomic E-state index is 3.68. The molecule has 1 N–H and O–H groups in total. The van der Waals surface area contributed by atoms with Crippen LogP contribution >= 0.6 is 0 Å². The third-order valence-corrected chi connectivity index (χ3v) is 4.00. The van der Waals surface area contributed by atoms with Gasteiger partial charge in [-0.1, -0.05) is 41.0 Å². The second kappa shape index (κ2) is 8.97. The van der Waals surface area contributed by atoms with Crippen molar-refractivity contribution in [3.63, 3.8) is 0 Å². The highest BCUT2D eigenvalue weighted by Gasteiger charge is 2.33. The molecule has 0 aromatic rings. The molecule has 114 valence electrons. The van der Waals surface area contributed by atoms with Crippen LogP contribution in [0.4, 0.5) is 0 Å². The molecular formula is C17H36N2. The van der Waals surface area contributed by atoms with E-state index in [9.17, 15) is 0 Å². The van der Waals surface area contributed by atoms with Crippen molar-refractivity contribution in [2.24, 2.45) is 11.8 Å². The molecule has 0 amide bonds. The summed E-state index contributed by atoms with van der Waals surface area (Å²) in [6, 6.07) is 1.66. The van der Waals surface area contributed by atoms with Gasteiger partial charge in [0.05, 0.1) is 0 Å². The van der Waals surface area contributed by atoms with Crippen molar-refractivity contribution in [3.8, 4) is 0 Å². The van der Waals surface area contributed by atoms with Crippen molar-refractivity contribution >= 4 is 0 Å². The summed E-state index contributed by atoms with van der Waals surface area (Å²) in [4.78, 5) is 2.82. The summed E-state index contributed by atoms with van der Waals surface area (Å²) in [5.74, 6) is 1.58. The summed E-state index contributed by atoms with van der Waals surface area (Å²) < 4.78 is 0. The van der Waals surface area contributed by atoms with Crippen molar-refractivity contribution in [2.45, 2.75) is 78.8 Å². The fourth-order valence-electron chi connectivity index (χ4n) is 2.73. The van der Waals surface area contributed by atoms with Crippen LogP contribution in [0.1, 0.15) is 66.7 Å². The molecule has 2 nitrogen and oxygen atoms in total. The Kier molecular flexibility index (Phi) is 8.01. The molecule has 1 unspecified atom stereocenters. The smallest absolute Gasteiger partial charge is 0.0223 e. The van der Waals surface area contributed by atoms with Gasteiger partial charge in [0, 0.05) is 18.6 Å². The van der Waals surface area contributed by atoms with Crippen LogP contribution in [0.2, 0.25) is 0 Å². The second-order valence-electron chi connectivity index (χ2n) is 7.15. The fourth-order valence-corrected chi connectivity index (χ4v) is 2.73. The van der Waals surface area contributed by atoms with Gasteiger partial charge in [0.2, 0.25) is 0 Å². The van der Waals surface area contributed by atoms with E-state index in [1.54, 1.807) is 0 Å². The van der Waals surface area contributed by atoms with Crippen LogP contribution in [0.5, 0.6) is 0 Å². The van der Waals surface area contributed by atoms with Crippen LogP contribution in [0.15, 0.2) is 0 Å². The van der Waals surface area contributed by atoms with Gasteiger partial charge in [-0.3, -0.25) is 4.90 Å². The van der Waals surface area contributed by atoms with Gasteiger partial charge < -0.3 is 5.32 Å². The Morgan fingerprint density at radius 2 is 1.68 bits per heavy atom. The summed E-state index contributed by atoms with van der Waals surface area (Å²) in [7, 11) is 0. The zero-order chi connectivity index (χ0) is 14.3. The van der Waals surface area contributed by atoms with E-state index in [1.165, 1.54) is 45.2 Å². The molecule has 0 aromatic carbocycles. The number of nitrogens with one attached hydrogen (secondary N) is 1. The minimum atomic E-state index is 0.757. The average molecular weight is 268 g/mol. The number of rotatable bonds is 11. The molecule has 0 bridgehead atoms. The van der Waals surface area contributed by atoms with Gasteiger partial charge >= 0.3 is 0 Å². The fraction of sp³-hybridized carbons (Fsp3) is 1.00. The first-order valence-corrected chi connectivity index (χ1v) is 8.51. The molecule has 0 radical (unpaired) electrons. The molecule has 1 atom stereocenters. The Hall–Kier alpha value is -0.0800. The summed E-state index contributed by atoms with van der Waals surface area (Å²) in [5, 5.41) is 3.68. The lowest BCUT2D eigenvalue weighted by molar-refractivity contribution is 0.162. The quantitative estimate of drug-likeness (QED) is 0.611. The second-order valence-corrected chi connectivity index (χ2v) is 7.15. The predicted octanol–water partition coefficient (Wildman–Crippen LogP) is 3.91. The molecule has 0 spiro atoms. The first-order valence-electron chi connectivity index (χ1n) is 8.51. The third-order valence-electron chi connectivity index (χ3n) is 4.00. The lowest BCUT2D eigenvalue weighted by Crippen LogP contribution is -2.45. The standard InChI is InChI=1S/C17H36N2/c1-6-7-17(13-18-12-15(4)5)19(16-8-9-16)11-10-14(2)3/h14-18H,6-13H2,1-5H3. The van der Waals surface area contributed by atoms with E-state index >= 15 is 0 Å². The van der Waals surface area contributed by atoms with Crippen LogP contribution in [-0.4, -0.2) is 36.6 Å². The Labute approximate surface area is 121 Å². The Morgan fingerprint density at radius 1 is 1.00 bits per heavy atom. The molecule has 0 heterocycles. The molecule has 0 aliphatic heterocycles. The summed E-state index contributed by atoms with van der Waals surface area (Å²) in [6.45, 7) is 15.2. The monoisotopic (exact) mass is 268 g/mol. The molecule has 1 fully saturated rings. The molecule has 1 saturated carbocycles. The van der Waals surface area contributed by atoms with E-state index < -0.39 is 0 Å². The number of hydrogen-bond acceptors (Lipinski definition) is 2. The number of nitrogens with zero attached hydrogens (tertiary/aromatic N) is 1. The Bertz CT molecular complexity index is 221. The lowest BCUT2D eigenvalue weighted by Gasteiger charge is -2.33. The molecule has 1 rings (SSSR count). The van der Waals surface area contributed by atoms with Crippen LogP contribution in [0.3, 0.4) is 0 Å². The minimum Gasteiger partial charge on any atom is -0.315 e. The zero-order valence-electron chi connectivity index (χ0n) is 13.9. The predicted molar refractivity (Wildman–Crippen MR) is 85.6 cm³/mol. The van der Waals surface area contributed by atoms with Crippen molar-refractivity contribution in [2.75, 3.05) is 19.6 Å². The molecule has 0 aromatic heterocycles. The Morgan fingerprint density at radius 3 is 2.16 bits per heavy atom. The normalized spacial score (nSPS) is 17.7. The van der Waals surface area contributed by atoms with Gasteiger partial charge in [-0.2, -0.15) is 0 Å². The molecular weight excluding hydrogens is 232 g/mol. The highest BCUT2D eigenvalue weighted by molar-refractivity contribution is 4.89. The van der Waals surface area contributed by atoms with Gasteiger partial charge in [-0.05, 0) is 50.6 Å². The topological polar surface area (TPSA) is 15.3 Å². The zero-order valence-corrected chi connectivity index (χ0v) is 13.9. The largest absolute Gasteiger partial charge is 0.315 e. The summed E-state index contributed by atoms with van der Waals surface area (Å²) in [5.41, 5.74) is 0. The minimum absolute atomic E-state index is 0.757. The van der Waals surface area contributed by atoms with E-state index in [1.807, 2.05) is 0 Å². The first kappa shape index (κ1) is 17.0. The van der Waals surface area contributed by atoms with E-state index in [0.29, 0.717) is 0 Å². The van der Waals surface area contributed by atoms with Crippen molar-refractivity contribution in [1.82, 2.24) is 10.2 Å². The lowest BCUT2D eigenvalue weighted by atomic mass is 10.1. The van der Waals surface area contributed by atoms with E-state index in [-0.39, 0.29) is 0 Å². The Balaban J connectivity index is 2.43. The average Bonchev–Trinajstić information content (AvgIpc) is 3.12. The van der Waals surface area contributed by atoms with E-state index in [4.69, 9.17) is 0 Å². The molecule has 2 heteroatoms. The maximum atomic E-state index is 3.68. The molecule has 19 heavy (non-hydrogen) atoms. The van der Waals surface area contributed by atoms with Crippen molar-refractivity contribution in [3.05, 3.63) is 0 Å². The molecule has 0 saturated heterocycles. The molecule has 1 aliphatic rings. The van der Waals surface area contributed by atoms with Crippen LogP contribution < -0.4 is 5.32 Å². The highest BCUT2D eigenvalue weighted by atomic mass is 15.2. The van der Waals surface area contributed by atoms with Crippen molar-refractivity contribution < 1.29 is 0 Å². The van der Waals surface area contributed by atoms with E-state index in [2.05, 4.69) is 44.8 Å².